The van der Waals surface area contributed by atoms with Crippen molar-refractivity contribution < 1.29 is 18.3 Å². The highest BCUT2D eigenvalue weighted by molar-refractivity contribution is 6.07. The zero-order valence-corrected chi connectivity index (χ0v) is 13.7. The minimum Gasteiger partial charge on any atom is -0.462 e. The lowest BCUT2D eigenvalue weighted by Gasteiger charge is -2.14. The number of esters is 1. The molecule has 0 spiro atoms. The Hall–Kier alpha value is -3.53. The van der Waals surface area contributed by atoms with Gasteiger partial charge in [0, 0.05) is 23.3 Å². The number of nitriles is 1. The second-order valence-electron chi connectivity index (χ2n) is 5.36. The molecule has 0 atom stereocenters. The highest BCUT2D eigenvalue weighted by atomic mass is 19.1. The lowest BCUT2D eigenvalue weighted by Crippen LogP contribution is -2.09. The van der Waals surface area contributed by atoms with E-state index in [0.29, 0.717) is 16.5 Å². The Kier molecular flexibility index (Phi) is 4.76. The summed E-state index contributed by atoms with van der Waals surface area (Å²) in [5.41, 5.74) is 1.14. The van der Waals surface area contributed by atoms with Crippen LogP contribution in [0.2, 0.25) is 0 Å². The number of anilines is 2. The number of aromatic nitrogens is 1. The number of rotatable bonds is 4. The molecular weight excluding hydrogens is 340 g/mol. The van der Waals surface area contributed by atoms with Crippen molar-refractivity contribution in [2.45, 2.75) is 6.92 Å². The molecule has 3 rings (SSSR count). The van der Waals surface area contributed by atoms with Crippen LogP contribution in [0.5, 0.6) is 0 Å². The average molecular weight is 353 g/mol. The number of benzene rings is 2. The number of halogens is 2. The predicted molar refractivity (Wildman–Crippen MR) is 92.1 cm³/mol. The summed E-state index contributed by atoms with van der Waals surface area (Å²) in [7, 11) is 0. The number of hydrogen-bond acceptors (Lipinski definition) is 5. The van der Waals surface area contributed by atoms with Gasteiger partial charge < -0.3 is 10.1 Å². The van der Waals surface area contributed by atoms with Crippen molar-refractivity contribution in [2.24, 2.45) is 0 Å². The Morgan fingerprint density at radius 1 is 1.27 bits per heavy atom. The van der Waals surface area contributed by atoms with E-state index >= 15 is 0 Å². The van der Waals surface area contributed by atoms with E-state index < -0.39 is 17.6 Å². The van der Waals surface area contributed by atoms with Crippen LogP contribution in [0.15, 0.2) is 42.6 Å². The van der Waals surface area contributed by atoms with E-state index in [0.717, 1.165) is 18.2 Å². The second kappa shape index (κ2) is 7.15. The maximum Gasteiger partial charge on any atom is 0.341 e. The van der Waals surface area contributed by atoms with Gasteiger partial charge in [0.05, 0.1) is 23.4 Å². The first kappa shape index (κ1) is 17.3. The van der Waals surface area contributed by atoms with Gasteiger partial charge in [0.2, 0.25) is 0 Å². The van der Waals surface area contributed by atoms with E-state index in [9.17, 15) is 18.8 Å². The van der Waals surface area contributed by atoms with Crippen LogP contribution in [0.25, 0.3) is 10.9 Å². The van der Waals surface area contributed by atoms with Crippen LogP contribution < -0.4 is 5.32 Å². The van der Waals surface area contributed by atoms with Gasteiger partial charge >= 0.3 is 5.97 Å². The molecule has 0 aliphatic heterocycles. The fourth-order valence-electron chi connectivity index (χ4n) is 2.58. The summed E-state index contributed by atoms with van der Waals surface area (Å²) >= 11 is 0. The van der Waals surface area contributed by atoms with E-state index in [2.05, 4.69) is 10.3 Å². The van der Waals surface area contributed by atoms with Crippen molar-refractivity contribution in [3.05, 3.63) is 65.4 Å². The fourth-order valence-corrected chi connectivity index (χ4v) is 2.58. The zero-order chi connectivity index (χ0) is 18.7. The molecule has 0 amide bonds. The molecule has 1 aromatic heterocycles. The standard InChI is InChI=1S/C19H13F2N3O2/c1-2-26-19(25)16-10-23-17-11(9-22)4-3-5-15(17)18(16)24-14-7-12(20)6-13(21)8-14/h3-8,10H,2H2,1H3,(H,23,24). The van der Waals surface area contributed by atoms with Gasteiger partial charge in [-0.1, -0.05) is 12.1 Å². The summed E-state index contributed by atoms with van der Waals surface area (Å²) in [5.74, 6) is -2.16. The van der Waals surface area contributed by atoms with Gasteiger partial charge in [0.1, 0.15) is 23.3 Å². The highest BCUT2D eigenvalue weighted by Gasteiger charge is 2.18. The molecule has 3 aromatic rings. The van der Waals surface area contributed by atoms with Crippen molar-refractivity contribution in [3.8, 4) is 6.07 Å². The van der Waals surface area contributed by atoms with Crippen LogP contribution in [-0.4, -0.2) is 17.6 Å². The third-order valence-corrected chi connectivity index (χ3v) is 3.65. The van der Waals surface area contributed by atoms with Crippen molar-refractivity contribution in [3.63, 3.8) is 0 Å². The maximum atomic E-state index is 13.5. The second-order valence-corrected chi connectivity index (χ2v) is 5.36. The largest absolute Gasteiger partial charge is 0.462 e. The van der Waals surface area contributed by atoms with Crippen molar-refractivity contribution in [1.82, 2.24) is 4.98 Å². The van der Waals surface area contributed by atoms with Crippen molar-refractivity contribution >= 4 is 28.2 Å². The van der Waals surface area contributed by atoms with Gasteiger partial charge in [-0.2, -0.15) is 5.26 Å². The Balaban J connectivity index is 2.23. The molecule has 7 heteroatoms. The van der Waals surface area contributed by atoms with Gasteiger partial charge in [-0.3, -0.25) is 4.98 Å². The molecule has 2 aromatic carbocycles. The van der Waals surface area contributed by atoms with E-state index in [1.165, 1.54) is 6.20 Å². The average Bonchev–Trinajstić information content (AvgIpc) is 2.60. The third-order valence-electron chi connectivity index (χ3n) is 3.65. The molecule has 0 aliphatic carbocycles. The van der Waals surface area contributed by atoms with Crippen molar-refractivity contribution in [2.75, 3.05) is 11.9 Å². The van der Waals surface area contributed by atoms with Crippen LogP contribution in [-0.2, 0) is 4.74 Å². The smallest absolute Gasteiger partial charge is 0.341 e. The number of ether oxygens (including phenoxy) is 1. The molecule has 130 valence electrons. The van der Waals surface area contributed by atoms with Crippen LogP contribution >= 0.6 is 0 Å². The first-order chi connectivity index (χ1) is 12.5. The number of para-hydroxylation sites is 1. The fraction of sp³-hybridized carbons (Fsp3) is 0.105. The number of carbonyl (C=O) groups excluding carboxylic acids is 1. The normalized spacial score (nSPS) is 10.4. The predicted octanol–water partition coefficient (Wildman–Crippen LogP) is 4.30. The molecule has 0 bridgehead atoms. The molecule has 1 heterocycles. The van der Waals surface area contributed by atoms with Gasteiger partial charge in [-0.15, -0.1) is 0 Å². The first-order valence-electron chi connectivity index (χ1n) is 7.75. The molecule has 1 N–H and O–H groups in total. The van der Waals surface area contributed by atoms with Gasteiger partial charge in [0.25, 0.3) is 0 Å². The minimum atomic E-state index is -0.763. The van der Waals surface area contributed by atoms with E-state index in [4.69, 9.17) is 4.74 Å². The molecule has 5 nitrogen and oxygen atoms in total. The molecule has 0 radical (unpaired) electrons. The number of nitrogens with one attached hydrogen (secondary N) is 1. The van der Waals surface area contributed by atoms with Crippen LogP contribution in [0.1, 0.15) is 22.8 Å². The molecule has 0 aliphatic rings. The third kappa shape index (κ3) is 3.30. The quantitative estimate of drug-likeness (QED) is 0.708. The van der Waals surface area contributed by atoms with Crippen molar-refractivity contribution in [1.29, 1.82) is 5.26 Å². The summed E-state index contributed by atoms with van der Waals surface area (Å²) in [4.78, 5) is 16.5. The molecule has 0 fully saturated rings. The maximum absolute atomic E-state index is 13.5. The molecule has 0 unspecified atom stereocenters. The highest BCUT2D eigenvalue weighted by Crippen LogP contribution is 2.31. The number of fused-ring (bicyclic) bond motifs is 1. The number of nitrogens with zero attached hydrogens (tertiary/aromatic N) is 2. The Morgan fingerprint density at radius 3 is 2.65 bits per heavy atom. The number of pyridine rings is 1. The summed E-state index contributed by atoms with van der Waals surface area (Å²) < 4.78 is 32.1. The first-order valence-corrected chi connectivity index (χ1v) is 7.75. The van der Waals surface area contributed by atoms with Gasteiger partial charge in [-0.05, 0) is 25.1 Å². The topological polar surface area (TPSA) is 75.0 Å². The Labute approximate surface area is 147 Å². The molecule has 0 saturated carbocycles. The summed E-state index contributed by atoms with van der Waals surface area (Å²) in [6, 6.07) is 9.84. The molecule has 0 saturated heterocycles. The number of hydrogen-bond donors (Lipinski definition) is 1. The minimum absolute atomic E-state index is 0.0964. The molecule has 26 heavy (non-hydrogen) atoms. The van der Waals surface area contributed by atoms with E-state index in [1.807, 2.05) is 6.07 Å². The summed E-state index contributed by atoms with van der Waals surface area (Å²) in [5, 5.41) is 12.6. The Bertz CT molecular complexity index is 1020. The Morgan fingerprint density at radius 2 is 2.00 bits per heavy atom. The zero-order valence-electron chi connectivity index (χ0n) is 13.7. The van der Waals surface area contributed by atoms with E-state index in [-0.39, 0.29) is 23.5 Å². The van der Waals surface area contributed by atoms with E-state index in [1.54, 1.807) is 25.1 Å². The van der Waals surface area contributed by atoms with Crippen LogP contribution in [0, 0.1) is 23.0 Å². The van der Waals surface area contributed by atoms with Gasteiger partial charge in [0.15, 0.2) is 0 Å². The van der Waals surface area contributed by atoms with Gasteiger partial charge in [-0.25, -0.2) is 13.6 Å². The van der Waals surface area contributed by atoms with Crippen LogP contribution in [0.4, 0.5) is 20.2 Å². The lowest BCUT2D eigenvalue weighted by molar-refractivity contribution is 0.0527. The summed E-state index contributed by atoms with van der Waals surface area (Å²) in [6.45, 7) is 1.82. The monoisotopic (exact) mass is 353 g/mol. The number of carbonyl (C=O) groups is 1. The SMILES string of the molecule is CCOC(=O)c1cnc2c(C#N)cccc2c1Nc1cc(F)cc(F)c1. The molecular formula is C19H13F2N3O2. The summed E-state index contributed by atoms with van der Waals surface area (Å²) in [6.07, 6.45) is 1.28. The van der Waals surface area contributed by atoms with Crippen LogP contribution in [0.3, 0.4) is 0 Å². The lowest BCUT2D eigenvalue weighted by atomic mass is 10.1.